The third kappa shape index (κ3) is 4.14. The van der Waals surface area contributed by atoms with Crippen LogP contribution in [0.2, 0.25) is 5.02 Å². The lowest BCUT2D eigenvalue weighted by Gasteiger charge is -2.31. The zero-order valence-electron chi connectivity index (χ0n) is 11.3. The first-order valence-electron chi connectivity index (χ1n) is 6.54. The van der Waals surface area contributed by atoms with Crippen molar-refractivity contribution >= 4 is 11.6 Å². The van der Waals surface area contributed by atoms with Crippen molar-refractivity contribution in [3.05, 3.63) is 34.6 Å². The van der Waals surface area contributed by atoms with Gasteiger partial charge in [0.25, 0.3) is 0 Å². The van der Waals surface area contributed by atoms with E-state index in [1.807, 2.05) is 6.92 Å². The smallest absolute Gasteiger partial charge is 0.141 e. The average molecular weight is 287 g/mol. The van der Waals surface area contributed by atoms with Crippen molar-refractivity contribution in [3.63, 3.8) is 0 Å². The Kier molecular flexibility index (Phi) is 5.16. The van der Waals surface area contributed by atoms with Gasteiger partial charge < -0.3 is 15.0 Å². The first-order valence-corrected chi connectivity index (χ1v) is 6.92. The lowest BCUT2D eigenvalue weighted by molar-refractivity contribution is -0.0190. The predicted molar refractivity (Wildman–Crippen MR) is 75.1 cm³/mol. The first-order chi connectivity index (χ1) is 9.06. The standard InChI is InChI=1S/C14H20ClFN2O/c1-10(11-3-4-14(16)13(15)7-11)17-8-12-9-18(2)5-6-19-12/h3-4,7,10,12,17H,5-6,8-9H2,1-2H3/t10-,12+/m1/s1. The second-order valence-corrected chi connectivity index (χ2v) is 5.47. The van der Waals surface area contributed by atoms with E-state index >= 15 is 0 Å². The molecule has 5 heteroatoms. The molecule has 106 valence electrons. The third-order valence-corrected chi connectivity index (χ3v) is 3.73. The fourth-order valence-electron chi connectivity index (χ4n) is 2.20. The predicted octanol–water partition coefficient (Wildman–Crippen LogP) is 2.46. The number of morpholine rings is 1. The Balaban J connectivity index is 1.86. The number of rotatable bonds is 4. The molecule has 0 aromatic heterocycles. The van der Waals surface area contributed by atoms with Crippen LogP contribution in [0.5, 0.6) is 0 Å². The highest BCUT2D eigenvalue weighted by Gasteiger charge is 2.18. The summed E-state index contributed by atoms with van der Waals surface area (Å²) in [5.41, 5.74) is 0.982. The van der Waals surface area contributed by atoms with E-state index < -0.39 is 0 Å². The molecule has 0 spiro atoms. The maximum atomic E-state index is 13.1. The van der Waals surface area contributed by atoms with E-state index in [0.29, 0.717) is 0 Å². The Morgan fingerprint density at radius 3 is 3.05 bits per heavy atom. The Labute approximate surface area is 118 Å². The normalized spacial score (nSPS) is 22.4. The summed E-state index contributed by atoms with van der Waals surface area (Å²) in [5.74, 6) is -0.380. The van der Waals surface area contributed by atoms with Crippen LogP contribution in [0.4, 0.5) is 4.39 Å². The molecule has 0 saturated carbocycles. The second-order valence-electron chi connectivity index (χ2n) is 5.06. The molecule has 1 heterocycles. The summed E-state index contributed by atoms with van der Waals surface area (Å²) in [6.07, 6.45) is 0.206. The molecule has 19 heavy (non-hydrogen) atoms. The summed E-state index contributed by atoms with van der Waals surface area (Å²) in [6, 6.07) is 4.95. The van der Waals surface area contributed by atoms with E-state index in [2.05, 4.69) is 17.3 Å². The van der Waals surface area contributed by atoms with Crippen molar-refractivity contribution in [2.75, 3.05) is 33.3 Å². The average Bonchev–Trinajstić information content (AvgIpc) is 2.39. The lowest BCUT2D eigenvalue weighted by Crippen LogP contribution is -2.45. The maximum Gasteiger partial charge on any atom is 0.141 e. The molecule has 2 rings (SSSR count). The van der Waals surface area contributed by atoms with Gasteiger partial charge in [0.1, 0.15) is 5.82 Å². The van der Waals surface area contributed by atoms with Gasteiger partial charge in [-0.3, -0.25) is 0 Å². The molecule has 1 aliphatic rings. The van der Waals surface area contributed by atoms with Crippen LogP contribution in [0.3, 0.4) is 0 Å². The van der Waals surface area contributed by atoms with E-state index in [9.17, 15) is 4.39 Å². The van der Waals surface area contributed by atoms with Gasteiger partial charge in [-0.25, -0.2) is 4.39 Å². The minimum absolute atomic E-state index is 0.119. The van der Waals surface area contributed by atoms with Crippen molar-refractivity contribution in [1.29, 1.82) is 0 Å². The largest absolute Gasteiger partial charge is 0.374 e. The lowest BCUT2D eigenvalue weighted by atomic mass is 10.1. The summed E-state index contributed by atoms with van der Waals surface area (Å²) in [7, 11) is 2.10. The van der Waals surface area contributed by atoms with Gasteiger partial charge in [-0.05, 0) is 31.7 Å². The summed E-state index contributed by atoms with van der Waals surface area (Å²) >= 11 is 5.79. The van der Waals surface area contributed by atoms with Gasteiger partial charge in [-0.2, -0.15) is 0 Å². The number of halogens is 2. The van der Waals surface area contributed by atoms with Crippen LogP contribution in [0.25, 0.3) is 0 Å². The molecule has 1 aromatic carbocycles. The minimum Gasteiger partial charge on any atom is -0.374 e. The molecule has 0 aliphatic carbocycles. The Morgan fingerprint density at radius 2 is 2.37 bits per heavy atom. The van der Waals surface area contributed by atoms with E-state index in [4.69, 9.17) is 16.3 Å². The van der Waals surface area contributed by atoms with Crippen LogP contribution >= 0.6 is 11.6 Å². The van der Waals surface area contributed by atoms with Crippen LogP contribution in [-0.4, -0.2) is 44.3 Å². The van der Waals surface area contributed by atoms with E-state index in [-0.39, 0.29) is 23.0 Å². The highest BCUT2D eigenvalue weighted by Crippen LogP contribution is 2.20. The monoisotopic (exact) mass is 286 g/mol. The second kappa shape index (κ2) is 6.66. The topological polar surface area (TPSA) is 24.5 Å². The molecule has 0 amide bonds. The maximum absolute atomic E-state index is 13.1. The number of ether oxygens (including phenoxy) is 1. The van der Waals surface area contributed by atoms with Gasteiger partial charge in [0.2, 0.25) is 0 Å². The van der Waals surface area contributed by atoms with Gasteiger partial charge in [-0.1, -0.05) is 17.7 Å². The molecular formula is C14H20ClFN2O. The molecule has 0 radical (unpaired) electrons. The van der Waals surface area contributed by atoms with E-state index in [0.717, 1.165) is 31.8 Å². The number of likely N-dealkylation sites (N-methyl/N-ethyl adjacent to an activating group) is 1. The number of hydrogen-bond donors (Lipinski definition) is 1. The van der Waals surface area contributed by atoms with E-state index in [1.54, 1.807) is 12.1 Å². The molecule has 0 unspecified atom stereocenters. The van der Waals surface area contributed by atoms with Gasteiger partial charge in [-0.15, -0.1) is 0 Å². The Morgan fingerprint density at radius 1 is 1.58 bits per heavy atom. The first kappa shape index (κ1) is 14.7. The van der Waals surface area contributed by atoms with Crippen LogP contribution in [0.1, 0.15) is 18.5 Å². The highest BCUT2D eigenvalue weighted by molar-refractivity contribution is 6.30. The van der Waals surface area contributed by atoms with Crippen molar-refractivity contribution in [1.82, 2.24) is 10.2 Å². The number of hydrogen-bond acceptors (Lipinski definition) is 3. The van der Waals surface area contributed by atoms with Crippen molar-refractivity contribution in [2.24, 2.45) is 0 Å². The Bertz CT molecular complexity index is 430. The third-order valence-electron chi connectivity index (χ3n) is 3.44. The van der Waals surface area contributed by atoms with Gasteiger partial charge in [0, 0.05) is 25.7 Å². The highest BCUT2D eigenvalue weighted by atomic mass is 35.5. The molecule has 1 aromatic rings. The molecule has 2 atom stereocenters. The molecule has 1 saturated heterocycles. The summed E-state index contributed by atoms with van der Waals surface area (Å²) in [5, 5.41) is 3.57. The van der Waals surface area contributed by atoms with Crippen LogP contribution in [0.15, 0.2) is 18.2 Å². The molecule has 0 bridgehead atoms. The minimum atomic E-state index is -0.380. The van der Waals surface area contributed by atoms with Crippen LogP contribution < -0.4 is 5.32 Å². The summed E-state index contributed by atoms with van der Waals surface area (Å²) in [4.78, 5) is 2.26. The van der Waals surface area contributed by atoms with Crippen molar-refractivity contribution in [2.45, 2.75) is 19.1 Å². The molecule has 1 N–H and O–H groups in total. The number of nitrogens with one attached hydrogen (secondary N) is 1. The van der Waals surface area contributed by atoms with Crippen molar-refractivity contribution in [3.8, 4) is 0 Å². The molecule has 1 aliphatic heterocycles. The quantitative estimate of drug-likeness (QED) is 0.920. The van der Waals surface area contributed by atoms with Crippen LogP contribution in [0, 0.1) is 5.82 Å². The summed E-state index contributed by atoms with van der Waals surface area (Å²) in [6.45, 7) is 5.51. The van der Waals surface area contributed by atoms with Gasteiger partial charge in [0.15, 0.2) is 0 Å². The zero-order chi connectivity index (χ0) is 13.8. The fourth-order valence-corrected chi connectivity index (χ4v) is 2.39. The van der Waals surface area contributed by atoms with Gasteiger partial charge >= 0.3 is 0 Å². The number of nitrogens with zero attached hydrogens (tertiary/aromatic N) is 1. The molecular weight excluding hydrogens is 267 g/mol. The van der Waals surface area contributed by atoms with Crippen molar-refractivity contribution < 1.29 is 9.13 Å². The fraction of sp³-hybridized carbons (Fsp3) is 0.571. The zero-order valence-corrected chi connectivity index (χ0v) is 12.1. The Hall–Kier alpha value is -0.680. The van der Waals surface area contributed by atoms with Gasteiger partial charge in [0.05, 0.1) is 17.7 Å². The summed E-state index contributed by atoms with van der Waals surface area (Å²) < 4.78 is 18.8. The molecule has 1 fully saturated rings. The molecule has 3 nitrogen and oxygen atoms in total. The SMILES string of the molecule is C[C@@H](NC[C@H]1CN(C)CCO1)c1ccc(F)c(Cl)c1. The number of benzene rings is 1. The van der Waals surface area contributed by atoms with Crippen LogP contribution in [-0.2, 0) is 4.74 Å². The van der Waals surface area contributed by atoms with E-state index in [1.165, 1.54) is 6.07 Å².